The van der Waals surface area contributed by atoms with Crippen LogP contribution in [-0.2, 0) is 22.6 Å². The van der Waals surface area contributed by atoms with Crippen LogP contribution in [0.15, 0.2) is 129 Å². The van der Waals surface area contributed by atoms with Crippen LogP contribution in [0, 0.1) is 18.8 Å². The fourth-order valence-corrected chi connectivity index (χ4v) is 8.27. The van der Waals surface area contributed by atoms with Crippen LogP contribution >= 0.6 is 0 Å². The van der Waals surface area contributed by atoms with Gasteiger partial charge in [0.1, 0.15) is 47.3 Å². The number of nitrogen functional groups attached to an aromatic ring is 3. The zero-order valence-electron chi connectivity index (χ0n) is 40.5. The van der Waals surface area contributed by atoms with Crippen LogP contribution in [0.1, 0.15) is 36.6 Å². The van der Waals surface area contributed by atoms with E-state index in [-0.39, 0.29) is 24.7 Å². The van der Waals surface area contributed by atoms with Crippen molar-refractivity contribution in [1.82, 2.24) is 55.1 Å². The number of halogens is 2. The van der Waals surface area contributed by atoms with Gasteiger partial charge in [-0.15, -0.1) is 0 Å². The lowest BCUT2D eigenvalue weighted by Gasteiger charge is -2.11. The van der Waals surface area contributed by atoms with Crippen LogP contribution in [0.5, 0.6) is 0 Å². The molecule has 2 amide bonds. The molecular formula is C54H49F2N17O2. The van der Waals surface area contributed by atoms with E-state index in [0.717, 1.165) is 67.4 Å². The second kappa shape index (κ2) is 21.2. The van der Waals surface area contributed by atoms with Gasteiger partial charge in [-0.05, 0) is 120 Å². The number of H-pyrrole nitrogens is 1. The fourth-order valence-electron chi connectivity index (χ4n) is 8.27. The third kappa shape index (κ3) is 11.2. The second-order valence-electron chi connectivity index (χ2n) is 18.0. The molecule has 2 fully saturated rings. The lowest BCUT2D eigenvalue weighted by molar-refractivity contribution is -0.118. The van der Waals surface area contributed by atoms with Gasteiger partial charge in [-0.1, -0.05) is 6.92 Å². The highest BCUT2D eigenvalue weighted by atomic mass is 19.1. The number of carbonyl (C=O) groups excluding carboxylic acids is 2. The van der Waals surface area contributed by atoms with E-state index in [1.54, 1.807) is 67.9 Å². The molecule has 10 heterocycles. The maximum atomic E-state index is 13.0. The quantitative estimate of drug-likeness (QED) is 0.0638. The van der Waals surface area contributed by atoms with Gasteiger partial charge in [0.2, 0.25) is 11.8 Å². The van der Waals surface area contributed by atoms with E-state index in [0.29, 0.717) is 57.8 Å². The van der Waals surface area contributed by atoms with Gasteiger partial charge >= 0.3 is 0 Å². The number of fused-ring (bicyclic) bond motifs is 3. The standard InChI is InChI=1S/C19H19N7.C18H16FN5O.C17H14FN5O/c1-2-12-3-5-21-10-15(12)17-7-13-8-18(22-9-14-4-6-24-26-14)23-11-16(13)19(20)25-17;1-9-2-3-21-7-12(9)15-4-10-5-16(22-8-13(10)17(20)23-15)24-18(25)11-6-14(11)19;18-13-6-11(13)17(24)23-15-5-10-4-14(9-2-1-3-20-7-9)22-16(19)12(10)8-21-15/h3-8,10-11H,2,9H2,1H3,(H2,20,25)(H,22,23)(H,24,26);2-5,7-8,11,14H,6H2,1H3,(H2,20,23)(H,22,24,25);1-5,7-8,11,13H,6H2,(H2,19,22)(H,21,23,24)/t;11-,14-;11-,13+/m.11/s1. The molecule has 75 heavy (non-hydrogen) atoms. The molecule has 0 radical (unpaired) electrons. The fraction of sp³-hybridized carbons (Fsp3) is 0.185. The van der Waals surface area contributed by atoms with Gasteiger partial charge in [-0.3, -0.25) is 29.6 Å². The summed E-state index contributed by atoms with van der Waals surface area (Å²) >= 11 is 0. The maximum absolute atomic E-state index is 13.0. The van der Waals surface area contributed by atoms with Crippen LogP contribution < -0.4 is 33.2 Å². The summed E-state index contributed by atoms with van der Waals surface area (Å²) in [6.45, 7) is 4.71. The van der Waals surface area contributed by atoms with Crippen LogP contribution in [0.3, 0.4) is 0 Å². The van der Waals surface area contributed by atoms with E-state index in [2.05, 4.69) is 77.9 Å². The van der Waals surface area contributed by atoms with E-state index >= 15 is 0 Å². The summed E-state index contributed by atoms with van der Waals surface area (Å²) in [5.41, 5.74) is 26.4. The number of aromatic nitrogens is 11. The monoisotopic (exact) mass is 1010 g/mol. The minimum atomic E-state index is -1.04. The number of alkyl halides is 2. The highest BCUT2D eigenvalue weighted by Crippen LogP contribution is 2.37. The third-order valence-electron chi connectivity index (χ3n) is 12.7. The number of nitrogens with zero attached hydrogens (tertiary/aromatic N) is 10. The van der Waals surface area contributed by atoms with Crippen LogP contribution in [0.2, 0.25) is 0 Å². The molecule has 2 aliphatic rings. The molecule has 0 unspecified atom stereocenters. The van der Waals surface area contributed by atoms with Crippen molar-refractivity contribution in [2.24, 2.45) is 11.8 Å². The van der Waals surface area contributed by atoms with Crippen molar-refractivity contribution in [3.05, 3.63) is 146 Å². The highest BCUT2D eigenvalue weighted by Gasteiger charge is 2.44. The molecular weight excluding hydrogens is 957 g/mol. The predicted molar refractivity (Wildman–Crippen MR) is 285 cm³/mol. The van der Waals surface area contributed by atoms with Crippen LogP contribution in [0.25, 0.3) is 66.1 Å². The molecule has 2 aliphatic carbocycles. The normalized spacial score (nSPS) is 16.3. The first-order chi connectivity index (χ1) is 36.4. The Morgan fingerprint density at radius 3 is 1.64 bits per heavy atom. The number of hydrogen-bond acceptors (Lipinski definition) is 16. The summed E-state index contributed by atoms with van der Waals surface area (Å²) in [5, 5.41) is 20.2. The van der Waals surface area contributed by atoms with E-state index in [1.165, 1.54) is 5.56 Å². The van der Waals surface area contributed by atoms with Gasteiger partial charge < -0.3 is 33.2 Å². The molecule has 4 atom stereocenters. The Morgan fingerprint density at radius 2 is 1.12 bits per heavy atom. The zero-order chi connectivity index (χ0) is 52.2. The Bertz CT molecular complexity index is 3740. The molecule has 0 aromatic carbocycles. The Labute approximate surface area is 427 Å². The summed E-state index contributed by atoms with van der Waals surface area (Å²) in [7, 11) is 0. The lowest BCUT2D eigenvalue weighted by Crippen LogP contribution is -2.15. The Kier molecular flexibility index (Phi) is 13.8. The molecule has 21 heteroatoms. The molecule has 10 aromatic heterocycles. The van der Waals surface area contributed by atoms with Crippen LogP contribution in [-0.4, -0.2) is 79.2 Å². The average Bonchev–Trinajstić information content (AvgIpc) is 4.29. The van der Waals surface area contributed by atoms with Crippen molar-refractivity contribution in [3.8, 4) is 33.8 Å². The van der Waals surface area contributed by atoms with Crippen molar-refractivity contribution in [2.75, 3.05) is 33.2 Å². The SMILES string of the molecule is CCc1ccncc1-c1cc2cc(NCc3ccn[nH]3)ncc2c(N)n1.Cc1ccncc1-c1cc2cc(NC(=O)[C@@H]3C[C@H]3F)ncc2c(N)n1.Nc1nc(-c2cccnc2)cc2cc(NC(=O)[C@@H]3C[C@@H]3F)ncc12. The lowest BCUT2D eigenvalue weighted by atomic mass is 10.0. The van der Waals surface area contributed by atoms with Crippen molar-refractivity contribution in [1.29, 1.82) is 0 Å². The van der Waals surface area contributed by atoms with Crippen molar-refractivity contribution < 1.29 is 18.4 Å². The summed E-state index contributed by atoms with van der Waals surface area (Å²) in [5.74, 6) is 0.875. The highest BCUT2D eigenvalue weighted by molar-refractivity contribution is 6.00. The van der Waals surface area contributed by atoms with E-state index in [1.807, 2.05) is 67.7 Å². The Morgan fingerprint density at radius 1 is 0.613 bits per heavy atom. The van der Waals surface area contributed by atoms with Crippen molar-refractivity contribution in [2.45, 2.75) is 52.0 Å². The van der Waals surface area contributed by atoms with Gasteiger partial charge in [0.25, 0.3) is 0 Å². The summed E-state index contributed by atoms with van der Waals surface area (Å²) < 4.78 is 26.0. The van der Waals surface area contributed by atoms with Crippen molar-refractivity contribution in [3.63, 3.8) is 0 Å². The number of anilines is 6. The summed E-state index contributed by atoms with van der Waals surface area (Å²) in [6.07, 6.45) is 16.5. The zero-order valence-corrected chi connectivity index (χ0v) is 40.5. The molecule has 0 spiro atoms. The minimum Gasteiger partial charge on any atom is -0.383 e. The maximum Gasteiger partial charge on any atom is 0.231 e. The first-order valence-electron chi connectivity index (χ1n) is 23.9. The van der Waals surface area contributed by atoms with Gasteiger partial charge in [0, 0.05) is 94.8 Å². The van der Waals surface area contributed by atoms with Gasteiger partial charge in [-0.25, -0.2) is 38.7 Å². The number of aryl methyl sites for hydroxylation is 2. The van der Waals surface area contributed by atoms with Crippen molar-refractivity contribution >= 4 is 79.0 Å². The number of amides is 2. The number of rotatable bonds is 11. The van der Waals surface area contributed by atoms with E-state index in [4.69, 9.17) is 17.2 Å². The third-order valence-corrected chi connectivity index (χ3v) is 12.7. The average molecular weight is 1010 g/mol. The van der Waals surface area contributed by atoms with Gasteiger partial charge in [0.15, 0.2) is 0 Å². The first-order valence-corrected chi connectivity index (χ1v) is 23.9. The largest absolute Gasteiger partial charge is 0.383 e. The molecule has 19 nitrogen and oxygen atoms in total. The predicted octanol–water partition coefficient (Wildman–Crippen LogP) is 8.62. The molecule has 0 bridgehead atoms. The molecule has 0 aliphatic heterocycles. The summed E-state index contributed by atoms with van der Waals surface area (Å²) in [6, 6.07) is 20.7. The molecule has 0 saturated heterocycles. The summed E-state index contributed by atoms with van der Waals surface area (Å²) in [4.78, 5) is 62.3. The van der Waals surface area contributed by atoms with E-state index < -0.39 is 24.2 Å². The first kappa shape index (κ1) is 48.9. The smallest absolute Gasteiger partial charge is 0.231 e. The number of pyridine rings is 9. The van der Waals surface area contributed by atoms with E-state index in [9.17, 15) is 18.4 Å². The topological polar surface area (TPSA) is 293 Å². The van der Waals surface area contributed by atoms with Crippen LogP contribution in [0.4, 0.5) is 43.7 Å². The second-order valence-corrected chi connectivity index (χ2v) is 18.0. The number of nitrogens with one attached hydrogen (secondary N) is 4. The Balaban J connectivity index is 0.000000128. The number of carbonyl (C=O) groups is 2. The number of hydrogen-bond donors (Lipinski definition) is 7. The van der Waals surface area contributed by atoms with Gasteiger partial charge in [-0.2, -0.15) is 5.10 Å². The molecule has 12 rings (SSSR count). The number of nitrogens with two attached hydrogens (primary N) is 3. The molecule has 2 saturated carbocycles. The molecule has 10 N–H and O–H groups in total. The number of aromatic amines is 1. The Hall–Kier alpha value is -9.66. The minimum absolute atomic E-state index is 0.278. The van der Waals surface area contributed by atoms with Gasteiger partial charge in [0.05, 0.1) is 41.2 Å². The molecule has 10 aromatic rings. The molecule has 376 valence electrons.